The van der Waals surface area contributed by atoms with E-state index in [-0.39, 0.29) is 0 Å². The van der Waals surface area contributed by atoms with Crippen LogP contribution in [0.1, 0.15) is 12.8 Å². The average molecular weight is 279 g/mol. The number of thioether (sulfide) groups is 1. The summed E-state index contributed by atoms with van der Waals surface area (Å²) in [5.74, 6) is 2.00. The molecular weight excluding hydrogens is 262 g/mol. The van der Waals surface area contributed by atoms with Gasteiger partial charge in [-0.25, -0.2) is 9.97 Å². The predicted octanol–water partition coefficient (Wildman–Crippen LogP) is 3.13. The highest BCUT2D eigenvalue weighted by Crippen LogP contribution is 2.30. The summed E-state index contributed by atoms with van der Waals surface area (Å²) in [4.78, 5) is 12.5. The maximum Gasteiger partial charge on any atom is 0.152 e. The first kappa shape index (κ1) is 12.4. The van der Waals surface area contributed by atoms with Crippen molar-refractivity contribution in [3.05, 3.63) is 18.3 Å². The second-order valence-corrected chi connectivity index (χ2v) is 7.13. The minimum Gasteiger partial charge on any atom is -0.306 e. The number of fused-ring (bicyclic) bond motifs is 1. The minimum absolute atomic E-state index is 0.814. The molecule has 0 radical (unpaired) electrons. The summed E-state index contributed by atoms with van der Waals surface area (Å²) in [6.45, 7) is 2.49. The number of thiazole rings is 1. The fourth-order valence-electron chi connectivity index (χ4n) is 2.41. The number of likely N-dealkylation sites (tertiary alicyclic amines) is 1. The highest BCUT2D eigenvalue weighted by molar-refractivity contribution is 8.01. The Morgan fingerprint density at radius 3 is 3.33 bits per heavy atom. The summed E-state index contributed by atoms with van der Waals surface area (Å²) in [6, 6.07) is 3.99. The molecule has 2 aromatic heterocycles. The number of hydrogen-bond donors (Lipinski definition) is 0. The fraction of sp³-hybridized carbons (Fsp3) is 0.538. The number of pyridine rings is 1. The minimum atomic E-state index is 0.814. The quantitative estimate of drug-likeness (QED) is 0.807. The second-order valence-electron chi connectivity index (χ2n) is 4.89. The van der Waals surface area contributed by atoms with E-state index in [1.165, 1.54) is 31.7 Å². The van der Waals surface area contributed by atoms with Crippen molar-refractivity contribution in [2.24, 2.45) is 5.92 Å². The van der Waals surface area contributed by atoms with E-state index in [0.717, 1.165) is 20.6 Å². The van der Waals surface area contributed by atoms with E-state index in [9.17, 15) is 0 Å². The van der Waals surface area contributed by atoms with Crippen molar-refractivity contribution >= 4 is 33.4 Å². The first-order chi connectivity index (χ1) is 8.81. The van der Waals surface area contributed by atoms with E-state index in [1.807, 2.05) is 30.1 Å². The van der Waals surface area contributed by atoms with E-state index in [1.54, 1.807) is 11.3 Å². The Bertz CT molecular complexity index is 493. The average Bonchev–Trinajstić information content (AvgIpc) is 2.79. The largest absolute Gasteiger partial charge is 0.306 e. The van der Waals surface area contributed by atoms with Crippen molar-refractivity contribution in [2.45, 2.75) is 17.2 Å². The Hall–Kier alpha value is -0.650. The molecule has 1 fully saturated rings. The number of piperidine rings is 1. The molecule has 96 valence electrons. The van der Waals surface area contributed by atoms with Crippen LogP contribution in [-0.4, -0.2) is 40.8 Å². The van der Waals surface area contributed by atoms with Crippen molar-refractivity contribution in [3.8, 4) is 0 Å². The lowest BCUT2D eigenvalue weighted by Crippen LogP contribution is -2.33. The van der Waals surface area contributed by atoms with Crippen LogP contribution in [-0.2, 0) is 0 Å². The molecule has 3 rings (SSSR count). The summed E-state index contributed by atoms with van der Waals surface area (Å²) in [7, 11) is 2.22. The molecule has 1 saturated heterocycles. The molecule has 18 heavy (non-hydrogen) atoms. The van der Waals surface area contributed by atoms with Gasteiger partial charge in [0.25, 0.3) is 0 Å². The van der Waals surface area contributed by atoms with Crippen molar-refractivity contribution in [2.75, 3.05) is 25.9 Å². The lowest BCUT2D eigenvalue weighted by molar-refractivity contribution is 0.224. The van der Waals surface area contributed by atoms with Crippen LogP contribution >= 0.6 is 23.1 Å². The van der Waals surface area contributed by atoms with Crippen LogP contribution in [0.2, 0.25) is 0 Å². The third kappa shape index (κ3) is 2.84. The molecule has 1 aliphatic heterocycles. The lowest BCUT2D eigenvalue weighted by atomic mass is 10.0. The number of rotatable bonds is 3. The zero-order chi connectivity index (χ0) is 12.4. The van der Waals surface area contributed by atoms with Crippen molar-refractivity contribution in [3.63, 3.8) is 0 Å². The molecule has 2 aromatic rings. The monoisotopic (exact) mass is 279 g/mol. The smallest absolute Gasteiger partial charge is 0.152 e. The molecule has 0 aromatic carbocycles. The Labute approximate surface area is 116 Å². The standard InChI is InChI=1S/C13H17N3S2/c1-16-7-3-4-10(8-16)9-17-13-15-11-5-2-6-14-12(11)18-13/h2,5-6,10H,3-4,7-9H2,1H3. The Kier molecular flexibility index (Phi) is 3.82. The molecule has 1 aliphatic rings. The van der Waals surface area contributed by atoms with Crippen molar-refractivity contribution in [1.82, 2.24) is 14.9 Å². The third-order valence-electron chi connectivity index (χ3n) is 3.31. The van der Waals surface area contributed by atoms with Crippen LogP contribution in [0.3, 0.4) is 0 Å². The van der Waals surface area contributed by atoms with Crippen molar-refractivity contribution < 1.29 is 0 Å². The van der Waals surface area contributed by atoms with Gasteiger partial charge in [-0.05, 0) is 44.5 Å². The molecule has 3 nitrogen and oxygen atoms in total. The van der Waals surface area contributed by atoms with Gasteiger partial charge in [0.15, 0.2) is 4.34 Å². The van der Waals surface area contributed by atoms with Gasteiger partial charge in [-0.3, -0.25) is 0 Å². The van der Waals surface area contributed by atoms with E-state index in [4.69, 9.17) is 0 Å². The highest BCUT2D eigenvalue weighted by Gasteiger charge is 2.18. The summed E-state index contributed by atoms with van der Waals surface area (Å²) in [5.41, 5.74) is 1.03. The maximum absolute atomic E-state index is 4.62. The molecule has 3 heterocycles. The van der Waals surface area contributed by atoms with Crippen LogP contribution in [0.4, 0.5) is 0 Å². The lowest BCUT2D eigenvalue weighted by Gasteiger charge is -2.29. The van der Waals surface area contributed by atoms with Crippen LogP contribution in [0.5, 0.6) is 0 Å². The van der Waals surface area contributed by atoms with Gasteiger partial charge in [0.05, 0.1) is 0 Å². The van der Waals surface area contributed by atoms with Gasteiger partial charge < -0.3 is 4.90 Å². The summed E-state index contributed by atoms with van der Waals surface area (Å²) in [5, 5.41) is 0. The van der Waals surface area contributed by atoms with Crippen LogP contribution in [0, 0.1) is 5.92 Å². The predicted molar refractivity (Wildman–Crippen MR) is 78.4 cm³/mol. The zero-order valence-electron chi connectivity index (χ0n) is 10.5. The van der Waals surface area contributed by atoms with Crippen molar-refractivity contribution in [1.29, 1.82) is 0 Å². The summed E-state index contributed by atoms with van der Waals surface area (Å²) in [6.07, 6.45) is 4.54. The topological polar surface area (TPSA) is 29.0 Å². The zero-order valence-corrected chi connectivity index (χ0v) is 12.1. The van der Waals surface area contributed by atoms with E-state index in [2.05, 4.69) is 21.9 Å². The van der Waals surface area contributed by atoms with Gasteiger partial charge in [-0.1, -0.05) is 23.1 Å². The molecule has 0 saturated carbocycles. The number of nitrogens with zero attached hydrogens (tertiary/aromatic N) is 3. The van der Waals surface area contributed by atoms with Gasteiger partial charge in [0.1, 0.15) is 10.3 Å². The van der Waals surface area contributed by atoms with Crippen LogP contribution < -0.4 is 0 Å². The summed E-state index contributed by atoms with van der Waals surface area (Å²) >= 11 is 3.61. The van der Waals surface area contributed by atoms with E-state index < -0.39 is 0 Å². The highest BCUT2D eigenvalue weighted by atomic mass is 32.2. The molecule has 5 heteroatoms. The Balaban J connectivity index is 1.62. The molecule has 0 spiro atoms. The SMILES string of the molecule is CN1CCCC(CSc2nc3cccnc3s2)C1. The number of hydrogen-bond acceptors (Lipinski definition) is 5. The molecule has 1 unspecified atom stereocenters. The Morgan fingerprint density at radius 2 is 2.50 bits per heavy atom. The first-order valence-electron chi connectivity index (χ1n) is 6.34. The first-order valence-corrected chi connectivity index (χ1v) is 8.14. The Morgan fingerprint density at radius 1 is 1.56 bits per heavy atom. The fourth-order valence-corrected chi connectivity index (χ4v) is 4.54. The number of aromatic nitrogens is 2. The molecule has 0 N–H and O–H groups in total. The van der Waals surface area contributed by atoms with E-state index >= 15 is 0 Å². The van der Waals surface area contributed by atoms with Gasteiger partial charge in [0, 0.05) is 18.5 Å². The normalized spacial score (nSPS) is 21.5. The van der Waals surface area contributed by atoms with Gasteiger partial charge in [-0.2, -0.15) is 0 Å². The van der Waals surface area contributed by atoms with Gasteiger partial charge in [0.2, 0.25) is 0 Å². The molecule has 0 bridgehead atoms. The van der Waals surface area contributed by atoms with Gasteiger partial charge >= 0.3 is 0 Å². The molecule has 1 atom stereocenters. The second kappa shape index (κ2) is 5.55. The van der Waals surface area contributed by atoms with Crippen LogP contribution in [0.25, 0.3) is 10.3 Å². The summed E-state index contributed by atoms with van der Waals surface area (Å²) < 4.78 is 1.16. The molecule has 0 aliphatic carbocycles. The molecule has 0 amide bonds. The van der Waals surface area contributed by atoms with Crippen LogP contribution in [0.15, 0.2) is 22.7 Å². The van der Waals surface area contributed by atoms with E-state index in [0.29, 0.717) is 0 Å². The third-order valence-corrected chi connectivity index (χ3v) is 5.67. The molecular formula is C13H17N3S2. The maximum atomic E-state index is 4.62. The van der Waals surface area contributed by atoms with Gasteiger partial charge in [-0.15, -0.1) is 0 Å².